The van der Waals surface area contributed by atoms with Crippen molar-refractivity contribution in [1.82, 2.24) is 27.4 Å². The number of hydrogen-bond donors (Lipinski definition) is 0. The van der Waals surface area contributed by atoms with Crippen LogP contribution in [-0.4, -0.2) is 27.4 Å². The summed E-state index contributed by atoms with van der Waals surface area (Å²) in [5, 5.41) is 30.3. The third kappa shape index (κ3) is 12.7. The van der Waals surface area contributed by atoms with E-state index in [-0.39, 0.29) is 0 Å². The Morgan fingerprint density at radius 2 is 0.449 bits per heavy atom. The van der Waals surface area contributed by atoms with E-state index in [0.717, 1.165) is 55.8 Å². The molecule has 7 nitrogen and oxygen atoms in total. The molecule has 0 saturated carbocycles. The fourth-order valence-corrected chi connectivity index (χ4v) is 26.9. The summed E-state index contributed by atoms with van der Waals surface area (Å²) >= 11 is 3.77. The Kier molecular flexibility index (Phi) is 18.5. The van der Waals surface area contributed by atoms with Gasteiger partial charge in [0.1, 0.15) is 11.2 Å². The Balaban J connectivity index is 0.0000000999. The Labute approximate surface area is 850 Å². The zero-order chi connectivity index (χ0) is 96.2. The number of rotatable bonds is 9. The van der Waals surface area contributed by atoms with Crippen molar-refractivity contribution in [2.75, 3.05) is 0 Å². The van der Waals surface area contributed by atoms with E-state index in [4.69, 9.17) is 4.42 Å². The zero-order valence-electron chi connectivity index (χ0n) is 79.4. The van der Waals surface area contributed by atoms with Crippen LogP contribution in [0.5, 0.6) is 0 Å². The Hall–Kier alpha value is -18.9. The van der Waals surface area contributed by atoms with Crippen LogP contribution in [0.1, 0.15) is 0 Å². The van der Waals surface area contributed by atoms with Gasteiger partial charge < -0.3 is 31.8 Å². The van der Waals surface area contributed by atoms with Crippen LogP contribution in [0.4, 0.5) is 0 Å². The monoisotopic (exact) mass is 1900 g/mol. The average Bonchev–Trinajstić information content (AvgIpc) is 1.55. The van der Waals surface area contributed by atoms with Crippen molar-refractivity contribution in [1.29, 1.82) is 0 Å². The summed E-state index contributed by atoms with van der Waals surface area (Å²) in [5.41, 5.74) is 30.6. The number of nitrogens with zero attached hydrogens (tertiary/aromatic N) is 6. The van der Waals surface area contributed by atoms with Crippen LogP contribution >= 0.6 is 22.7 Å². The first-order chi connectivity index (χ1) is 72.9. The molecule has 9 heteroatoms. The highest BCUT2D eigenvalue weighted by Gasteiger charge is 2.27. The number of furan rings is 1. The summed E-state index contributed by atoms with van der Waals surface area (Å²) in [6.45, 7) is 0. The Bertz CT molecular complexity index is 10900. The zero-order valence-corrected chi connectivity index (χ0v) is 81.0. The van der Waals surface area contributed by atoms with E-state index in [2.05, 4.69) is 525 Å². The molecule has 0 unspecified atom stereocenters. The predicted molar refractivity (Wildman–Crippen MR) is 627 cm³/mol. The fourth-order valence-electron chi connectivity index (χ4n) is 24.4. The van der Waals surface area contributed by atoms with E-state index >= 15 is 0 Å². The largest absolute Gasteiger partial charge is 0.455 e. The van der Waals surface area contributed by atoms with E-state index in [0.29, 0.717) is 0 Å². The maximum Gasteiger partial charge on any atom is 0.143 e. The highest BCUT2D eigenvalue weighted by molar-refractivity contribution is 7.26. The minimum atomic E-state index is 0.916. The molecule has 0 bridgehead atoms. The lowest BCUT2D eigenvalue weighted by molar-refractivity contribution is 0.670. The van der Waals surface area contributed by atoms with Crippen LogP contribution in [0.3, 0.4) is 0 Å². The fraction of sp³-hybridized carbons (Fsp3) is 0. The van der Waals surface area contributed by atoms with Gasteiger partial charge in [-0.3, -0.25) is 0 Å². The predicted octanol–water partition coefficient (Wildman–Crippen LogP) is 38.7. The summed E-state index contributed by atoms with van der Waals surface area (Å²) in [6.07, 6.45) is 0. The van der Waals surface area contributed by atoms with E-state index in [1.54, 1.807) is 0 Å². The lowest BCUT2D eigenvalue weighted by atomic mass is 10.0. The highest BCUT2D eigenvalue weighted by Crippen LogP contribution is 2.51. The van der Waals surface area contributed by atoms with Crippen LogP contribution in [0.2, 0.25) is 0 Å². The number of hydrogen-bond acceptors (Lipinski definition) is 3. The average molecular weight is 1910 g/mol. The lowest BCUT2D eigenvalue weighted by Gasteiger charge is -2.12. The highest BCUT2D eigenvalue weighted by atomic mass is 32.1. The second-order valence-corrected chi connectivity index (χ2v) is 40.9. The van der Waals surface area contributed by atoms with Crippen LogP contribution < -0.4 is 0 Å². The van der Waals surface area contributed by atoms with Crippen molar-refractivity contribution in [2.24, 2.45) is 0 Å². The van der Waals surface area contributed by atoms with Crippen LogP contribution in [0, 0.1) is 0 Å². The molecule has 0 aliphatic heterocycles. The molecule has 33 rings (SSSR count). The first-order valence-electron chi connectivity index (χ1n) is 50.3. The van der Waals surface area contributed by atoms with Crippen molar-refractivity contribution in [2.45, 2.75) is 0 Å². The molecule has 147 heavy (non-hydrogen) atoms. The molecule has 9 aromatic heterocycles. The number of fused-ring (bicyclic) bond motifs is 33. The molecular formula is C138H84N6OS2. The van der Waals surface area contributed by atoms with Gasteiger partial charge in [0.25, 0.3) is 0 Å². The molecule has 24 aromatic carbocycles. The van der Waals surface area contributed by atoms with Gasteiger partial charge in [-0.05, 0) is 190 Å². The minimum absolute atomic E-state index is 0.916. The minimum Gasteiger partial charge on any atom is -0.455 e. The second-order valence-electron chi connectivity index (χ2n) is 38.8. The number of benzene rings is 24. The number of thiophene rings is 2. The Morgan fingerprint density at radius 3 is 0.878 bits per heavy atom. The normalized spacial score (nSPS) is 12.1. The van der Waals surface area contributed by atoms with Gasteiger partial charge in [0.2, 0.25) is 0 Å². The van der Waals surface area contributed by atoms with Crippen molar-refractivity contribution >= 4 is 248 Å². The van der Waals surface area contributed by atoms with Gasteiger partial charge in [-0.15, -0.1) is 22.7 Å². The molecule has 9 heterocycles. The lowest BCUT2D eigenvalue weighted by Crippen LogP contribution is -1.96. The van der Waals surface area contributed by atoms with Crippen molar-refractivity contribution in [3.63, 3.8) is 0 Å². The molecule has 0 N–H and O–H groups in total. The van der Waals surface area contributed by atoms with Crippen molar-refractivity contribution < 1.29 is 4.42 Å². The van der Waals surface area contributed by atoms with Gasteiger partial charge in [-0.25, -0.2) is 0 Å². The maximum absolute atomic E-state index is 6.39. The first-order valence-corrected chi connectivity index (χ1v) is 52.0. The summed E-state index contributed by atoms with van der Waals surface area (Å²) in [5.74, 6) is 0. The van der Waals surface area contributed by atoms with Gasteiger partial charge in [0.05, 0.1) is 66.2 Å². The third-order valence-corrected chi connectivity index (χ3v) is 33.3. The third-order valence-electron chi connectivity index (χ3n) is 30.9. The topological polar surface area (TPSA) is 42.7 Å². The smallest absolute Gasteiger partial charge is 0.143 e. The van der Waals surface area contributed by atoms with Crippen molar-refractivity contribution in [3.8, 4) is 67.5 Å². The number of para-hydroxylation sites is 8. The summed E-state index contributed by atoms with van der Waals surface area (Å²) in [4.78, 5) is 0. The van der Waals surface area contributed by atoms with Crippen LogP contribution in [-0.2, 0) is 0 Å². The SMILES string of the molecule is c1ccc(-n2c3cc4c(cc3c3ccc5ccccc5c32)c2ccccc2n4-c2ccc(-c3cccc4c3oc3ccccc34)cc2)cc1.c1ccc(-n2c3cc4c(cc3c3ccc5ccccc5c32)c2ccccc2n4-c2ccc(-c3cccc4c3sc3ccccc34)cc2)cc1.c1ccc(-n2c3cc4c(cc3c3ccc5ccccc5c32)c2ccccc2n4-c2cccc(-c3cccc4c3sc3ccccc34)c2)cc1. The molecule has 33 aromatic rings. The van der Waals surface area contributed by atoms with Gasteiger partial charge in [-0.2, -0.15) is 0 Å². The quantitative estimate of drug-likeness (QED) is 0.142. The van der Waals surface area contributed by atoms with E-state index in [1.165, 1.54) is 237 Å². The van der Waals surface area contributed by atoms with Gasteiger partial charge in [0, 0.05) is 172 Å². The van der Waals surface area contributed by atoms with Crippen LogP contribution in [0.25, 0.3) is 293 Å². The standard InChI is InChI=1S/C46H28N2O.2C46H28N2S/c1-2-12-31(13-3-1)48-43-28-42-39(27-40(43)37-26-23-29-11-4-5-14-33(29)45(37)48)35-15-6-8-19-41(35)47(42)32-24-21-30(22-25-32)34-17-10-18-38-36-16-7-9-20-44(36)49-46(34)38;1-2-14-31(15-3-1)48-43-28-42-39(27-40(43)37-25-24-29-12-4-5-17-33(29)45(37)48)35-18-6-8-22-41(35)47(42)32-16-10-13-30(26-32)34-20-11-21-38-36-19-7-9-23-44(36)49-46(34)38;1-2-12-31(13-3-1)48-43-28-42-39(27-40(43)37-26-23-29-11-4-5-14-33(29)45(37)48)35-15-6-8-19-41(35)47(42)32-24-21-30(22-25-32)34-17-10-18-38-36-16-7-9-20-44(36)49-46(34)38/h3*1-28H. The van der Waals surface area contributed by atoms with Gasteiger partial charge in [-0.1, -0.05) is 364 Å². The molecule has 0 radical (unpaired) electrons. The van der Waals surface area contributed by atoms with E-state index in [9.17, 15) is 0 Å². The van der Waals surface area contributed by atoms with E-state index < -0.39 is 0 Å². The number of aromatic nitrogens is 6. The van der Waals surface area contributed by atoms with Gasteiger partial charge >= 0.3 is 0 Å². The molecule has 0 saturated heterocycles. The second kappa shape index (κ2) is 32.8. The molecule has 0 atom stereocenters. The molecule has 684 valence electrons. The van der Waals surface area contributed by atoms with Crippen LogP contribution in [0.15, 0.2) is 514 Å². The van der Waals surface area contributed by atoms with E-state index in [1.807, 2.05) is 34.8 Å². The summed E-state index contributed by atoms with van der Waals surface area (Å²) < 4.78 is 26.4. The summed E-state index contributed by atoms with van der Waals surface area (Å²) in [7, 11) is 0. The molecule has 0 spiro atoms. The van der Waals surface area contributed by atoms with Gasteiger partial charge in [0.15, 0.2) is 0 Å². The molecule has 0 aliphatic rings. The first kappa shape index (κ1) is 82.8. The molecule has 0 aliphatic carbocycles. The van der Waals surface area contributed by atoms with Crippen molar-refractivity contribution in [3.05, 3.63) is 510 Å². The maximum atomic E-state index is 6.39. The molecule has 0 fully saturated rings. The summed E-state index contributed by atoms with van der Waals surface area (Å²) in [6, 6.07) is 186. The Morgan fingerprint density at radius 1 is 0.150 bits per heavy atom. The molecular weight excluding hydrogens is 1820 g/mol. The molecule has 0 amide bonds.